The third-order valence-corrected chi connectivity index (χ3v) is 9.18. The second kappa shape index (κ2) is 14.0. The molecule has 0 aliphatic carbocycles. The molecule has 0 bridgehead atoms. The highest BCUT2D eigenvalue weighted by Gasteiger charge is 2.44. The van der Waals surface area contributed by atoms with Gasteiger partial charge in [-0.25, -0.2) is 9.36 Å². The van der Waals surface area contributed by atoms with Crippen LogP contribution in [0.5, 0.6) is 5.75 Å². The van der Waals surface area contributed by atoms with Gasteiger partial charge in [-0.05, 0) is 31.2 Å². The average molecular weight is 622 g/mol. The number of nitrogens with zero attached hydrogens (tertiary/aromatic N) is 1. The third kappa shape index (κ3) is 7.79. The number of aliphatic hydroxyl groups is 1. The lowest BCUT2D eigenvalue weighted by molar-refractivity contribution is -0.146. The van der Waals surface area contributed by atoms with E-state index in [1.54, 1.807) is 24.3 Å². The van der Waals surface area contributed by atoms with E-state index in [4.69, 9.17) is 18.5 Å². The minimum Gasteiger partial charge on any atom is -0.464 e. The van der Waals surface area contributed by atoms with E-state index in [2.05, 4.69) is 5.09 Å². The number of halogens is 1. The topological polar surface area (TPSA) is 158 Å². The summed E-state index contributed by atoms with van der Waals surface area (Å²) in [4.78, 5) is 38.4. The zero-order chi connectivity index (χ0) is 31.3. The Morgan fingerprint density at radius 2 is 1.88 bits per heavy atom. The fourth-order valence-corrected chi connectivity index (χ4v) is 6.56. The van der Waals surface area contributed by atoms with Crippen molar-refractivity contribution in [2.75, 3.05) is 6.61 Å². The Balaban J connectivity index is 1.57. The van der Waals surface area contributed by atoms with Gasteiger partial charge >= 0.3 is 19.4 Å². The van der Waals surface area contributed by atoms with Crippen LogP contribution in [0.4, 0.5) is 4.39 Å². The van der Waals surface area contributed by atoms with Crippen LogP contribution in [0.25, 0.3) is 10.8 Å². The number of nitrogens with one attached hydrogen (secondary N) is 2. The Morgan fingerprint density at radius 3 is 2.60 bits per heavy atom. The van der Waals surface area contributed by atoms with Crippen molar-refractivity contribution < 1.29 is 37.4 Å². The molecule has 1 fully saturated rings. The largest absolute Gasteiger partial charge is 0.464 e. The number of fused-ring (bicyclic) bond motifs is 1. The summed E-state index contributed by atoms with van der Waals surface area (Å²) in [6.07, 6.45) is -2.43. The third-order valence-electron chi connectivity index (χ3n) is 7.43. The number of carbonyl (C=O) groups excluding carboxylic acids is 1. The first kappa shape index (κ1) is 32.6. The van der Waals surface area contributed by atoms with Crippen molar-refractivity contribution in [1.29, 1.82) is 0 Å². The van der Waals surface area contributed by atoms with Gasteiger partial charge in [-0.1, -0.05) is 63.1 Å². The van der Waals surface area contributed by atoms with Crippen LogP contribution in [0.1, 0.15) is 53.2 Å². The molecule has 12 nitrogen and oxygen atoms in total. The summed E-state index contributed by atoms with van der Waals surface area (Å²) in [6.45, 7) is 7.15. The minimum atomic E-state index is -4.39. The molecule has 3 aromatic rings. The number of benzene rings is 2. The number of H-pyrrole nitrogens is 1. The van der Waals surface area contributed by atoms with E-state index in [1.807, 2.05) is 37.0 Å². The van der Waals surface area contributed by atoms with Crippen molar-refractivity contribution in [3.05, 3.63) is 75.3 Å². The van der Waals surface area contributed by atoms with Gasteiger partial charge in [0.1, 0.15) is 24.1 Å². The molecule has 1 aliphatic heterocycles. The molecule has 3 N–H and O–H groups in total. The lowest BCUT2D eigenvalue weighted by Gasteiger charge is -2.29. The number of aliphatic hydroxyl groups excluding tert-OH is 1. The molecular weight excluding hydrogens is 584 g/mol. The molecule has 1 saturated heterocycles. The molecule has 0 spiro atoms. The highest BCUT2D eigenvalue weighted by molar-refractivity contribution is 7.52. The number of hydrogen-bond acceptors (Lipinski definition) is 9. The number of esters is 1. The number of ether oxygens (including phenoxy) is 2. The van der Waals surface area contributed by atoms with Crippen LogP contribution < -0.4 is 20.9 Å². The van der Waals surface area contributed by atoms with Crippen LogP contribution in [0.2, 0.25) is 0 Å². The van der Waals surface area contributed by atoms with Crippen molar-refractivity contribution in [2.45, 2.75) is 77.5 Å². The van der Waals surface area contributed by atoms with Gasteiger partial charge in [0, 0.05) is 11.8 Å². The van der Waals surface area contributed by atoms with Gasteiger partial charge in [0.2, 0.25) is 5.82 Å². The van der Waals surface area contributed by atoms with Crippen LogP contribution in [0, 0.1) is 11.7 Å². The standard InChI is InChI=1S/C29H37FN3O9P/c1-5-19(6-2)16-39-28(36)17(3)32-43(38,42-24-13-9-11-20-10-7-8-12-21(20)24)41-18(4)26-23(34)14-25(40-26)33-15-22(30)27(35)31-29(33)37/h7-13,15,17-19,23,25-26,34H,5-6,14,16H2,1-4H3,(H,32,38)(H,31,35,37)/t17-,18+,23?,25+,26+,43-/m0/s1. The number of rotatable bonds is 13. The maximum absolute atomic E-state index is 14.3. The van der Waals surface area contributed by atoms with Gasteiger partial charge in [0.05, 0.1) is 25.0 Å². The fourth-order valence-electron chi connectivity index (χ4n) is 4.85. The number of aromatic nitrogens is 2. The van der Waals surface area contributed by atoms with E-state index in [1.165, 1.54) is 13.8 Å². The van der Waals surface area contributed by atoms with E-state index in [-0.39, 0.29) is 24.7 Å². The van der Waals surface area contributed by atoms with Gasteiger partial charge in [-0.3, -0.25) is 23.7 Å². The molecular formula is C29H37FN3O9P. The zero-order valence-corrected chi connectivity index (χ0v) is 25.3. The molecule has 1 aliphatic rings. The monoisotopic (exact) mass is 621 g/mol. The van der Waals surface area contributed by atoms with Crippen LogP contribution in [-0.4, -0.2) is 51.6 Å². The first-order chi connectivity index (χ1) is 20.4. The predicted molar refractivity (Wildman–Crippen MR) is 156 cm³/mol. The normalized spacial score (nSPS) is 21.4. The summed E-state index contributed by atoms with van der Waals surface area (Å²) < 4.78 is 52.1. The van der Waals surface area contributed by atoms with E-state index in [0.29, 0.717) is 11.6 Å². The highest BCUT2D eigenvalue weighted by atomic mass is 31.2. The second-order valence-corrected chi connectivity index (χ2v) is 12.2. The van der Waals surface area contributed by atoms with Crippen molar-refractivity contribution in [3.63, 3.8) is 0 Å². The summed E-state index contributed by atoms with van der Waals surface area (Å²) in [5.74, 6) is -1.45. The molecule has 14 heteroatoms. The molecule has 4 rings (SSSR count). The molecule has 2 heterocycles. The van der Waals surface area contributed by atoms with Crippen LogP contribution in [-0.2, 0) is 23.4 Å². The Labute approximate surface area is 247 Å². The summed E-state index contributed by atoms with van der Waals surface area (Å²) >= 11 is 0. The van der Waals surface area contributed by atoms with Crippen LogP contribution >= 0.6 is 7.75 Å². The van der Waals surface area contributed by atoms with Crippen molar-refractivity contribution in [1.82, 2.24) is 14.6 Å². The summed E-state index contributed by atoms with van der Waals surface area (Å²) in [5, 5.41) is 14.9. The Morgan fingerprint density at radius 1 is 1.19 bits per heavy atom. The Kier molecular flexibility index (Phi) is 10.6. The first-order valence-electron chi connectivity index (χ1n) is 14.2. The smallest absolute Gasteiger partial charge is 0.459 e. The van der Waals surface area contributed by atoms with Gasteiger partial charge in [-0.2, -0.15) is 9.48 Å². The second-order valence-electron chi connectivity index (χ2n) is 10.5. The van der Waals surface area contributed by atoms with Crippen molar-refractivity contribution in [2.24, 2.45) is 5.92 Å². The van der Waals surface area contributed by atoms with E-state index >= 15 is 0 Å². The minimum absolute atomic E-state index is 0.148. The molecule has 1 aromatic heterocycles. The molecule has 2 aromatic carbocycles. The van der Waals surface area contributed by atoms with Gasteiger partial charge in [0.15, 0.2) is 0 Å². The zero-order valence-electron chi connectivity index (χ0n) is 24.4. The molecule has 234 valence electrons. The molecule has 6 atom stereocenters. The predicted octanol–water partition coefficient (Wildman–Crippen LogP) is 4.03. The quantitative estimate of drug-likeness (QED) is 0.188. The SMILES string of the molecule is CCC(CC)COC(=O)[C@H](C)N[P@@](=O)(Oc1cccc2ccccc12)O[C@H](C)[C@H]1O[C@@H](n2cc(F)c(=O)[nH]c2=O)CC1O. The summed E-state index contributed by atoms with van der Waals surface area (Å²) in [5.41, 5.74) is -2.11. The average Bonchev–Trinajstić information content (AvgIpc) is 3.36. The summed E-state index contributed by atoms with van der Waals surface area (Å²) in [6, 6.07) is 11.3. The lowest BCUT2D eigenvalue weighted by Crippen LogP contribution is -2.39. The Bertz CT molecular complexity index is 1590. The molecule has 0 amide bonds. The lowest BCUT2D eigenvalue weighted by atomic mass is 10.1. The van der Waals surface area contributed by atoms with Crippen molar-refractivity contribution >= 4 is 24.5 Å². The van der Waals surface area contributed by atoms with Gasteiger partial charge < -0.3 is 19.1 Å². The van der Waals surface area contributed by atoms with Crippen LogP contribution in [0.15, 0.2) is 58.3 Å². The maximum atomic E-state index is 14.3. The number of carbonyl (C=O) groups is 1. The van der Waals surface area contributed by atoms with E-state index in [0.717, 1.165) is 22.8 Å². The molecule has 0 saturated carbocycles. The number of aromatic amines is 1. The summed E-state index contributed by atoms with van der Waals surface area (Å²) in [7, 11) is -4.39. The van der Waals surface area contributed by atoms with E-state index < -0.39 is 61.4 Å². The molecule has 43 heavy (non-hydrogen) atoms. The fraction of sp³-hybridized carbons (Fsp3) is 0.483. The molecule has 0 radical (unpaired) electrons. The van der Waals surface area contributed by atoms with Crippen LogP contribution in [0.3, 0.4) is 0 Å². The maximum Gasteiger partial charge on any atom is 0.459 e. The number of hydrogen-bond donors (Lipinski definition) is 3. The van der Waals surface area contributed by atoms with Gasteiger partial charge in [-0.15, -0.1) is 0 Å². The van der Waals surface area contributed by atoms with Gasteiger partial charge in [0.25, 0.3) is 5.56 Å². The Hall–Kier alpha value is -3.35. The van der Waals surface area contributed by atoms with Crippen molar-refractivity contribution in [3.8, 4) is 5.75 Å². The first-order valence-corrected chi connectivity index (χ1v) is 15.7. The highest BCUT2D eigenvalue weighted by Crippen LogP contribution is 2.49. The molecule has 1 unspecified atom stereocenters. The van der Waals surface area contributed by atoms with E-state index in [9.17, 15) is 28.4 Å².